The summed E-state index contributed by atoms with van der Waals surface area (Å²) in [5, 5.41) is 29.6. The van der Waals surface area contributed by atoms with Gasteiger partial charge >= 0.3 is 6.03 Å². The predicted octanol–water partition coefficient (Wildman–Crippen LogP) is 2.45. The number of rotatable bonds is 6. The molecule has 5 aromatic rings. The number of phenolic OH excluding ortho intramolecular Hbond substituents is 1. The second kappa shape index (κ2) is 8.16. The molecule has 2 heterocycles. The number of nitrogens with zero attached hydrogens (tertiary/aromatic N) is 4. The second-order valence-corrected chi connectivity index (χ2v) is 7.60. The van der Waals surface area contributed by atoms with Crippen LogP contribution in [0.5, 0.6) is 5.75 Å². The van der Waals surface area contributed by atoms with Crippen molar-refractivity contribution in [3.05, 3.63) is 81.1 Å². The Balaban J connectivity index is 1.38. The third-order valence-corrected chi connectivity index (χ3v) is 5.33. The number of aromatic hydroxyl groups is 1. The molecule has 5 rings (SSSR count). The van der Waals surface area contributed by atoms with Gasteiger partial charge in [-0.05, 0) is 42.8 Å². The van der Waals surface area contributed by atoms with Gasteiger partial charge in [-0.25, -0.2) is 9.78 Å². The van der Waals surface area contributed by atoms with Crippen LogP contribution in [0.1, 0.15) is 18.5 Å². The zero-order valence-electron chi connectivity index (χ0n) is 17.7. The fraction of sp³-hybridized carbons (Fsp3) is 0.0909. The van der Waals surface area contributed by atoms with E-state index in [4.69, 9.17) is 0 Å². The van der Waals surface area contributed by atoms with E-state index >= 15 is 0 Å². The van der Waals surface area contributed by atoms with Gasteiger partial charge in [0.25, 0.3) is 10.9 Å². The van der Waals surface area contributed by atoms with Crippen molar-refractivity contribution in [3.8, 4) is 5.75 Å². The summed E-state index contributed by atoms with van der Waals surface area (Å²) in [5.74, 6) is 0.370. The van der Waals surface area contributed by atoms with Crippen LogP contribution in [0.25, 0.3) is 10.9 Å². The average Bonchev–Trinajstić information content (AvgIpc) is 3.51. The molecule has 0 bridgehead atoms. The van der Waals surface area contributed by atoms with Gasteiger partial charge in [0.05, 0.1) is 5.52 Å². The Hall–Kier alpha value is -5.00. The van der Waals surface area contributed by atoms with Gasteiger partial charge in [0.1, 0.15) is 29.8 Å². The minimum Gasteiger partial charge on any atom is -0.508 e. The molecular formula is C22H18N8O4. The molecule has 12 nitrogen and oxygen atoms in total. The number of benzene rings is 2. The molecule has 2 aromatic heterocycles. The summed E-state index contributed by atoms with van der Waals surface area (Å²) in [6, 6.07) is 10.9. The van der Waals surface area contributed by atoms with Crippen molar-refractivity contribution >= 4 is 39.8 Å². The number of nitrogens with one attached hydrogen (secondary N) is 4. The Labute approximate surface area is 191 Å². The van der Waals surface area contributed by atoms with Crippen LogP contribution in [0.15, 0.2) is 64.7 Å². The number of hydrogen-bond acceptors (Lipinski definition) is 9. The van der Waals surface area contributed by atoms with Gasteiger partial charge < -0.3 is 15.7 Å². The van der Waals surface area contributed by atoms with E-state index in [1.54, 1.807) is 42.5 Å². The predicted molar refractivity (Wildman–Crippen MR) is 125 cm³/mol. The minimum absolute atomic E-state index is 0.106. The summed E-state index contributed by atoms with van der Waals surface area (Å²) in [7, 11) is 0. The van der Waals surface area contributed by atoms with E-state index in [0.717, 1.165) is 10.2 Å². The highest BCUT2D eigenvalue weighted by Crippen LogP contribution is 2.29. The molecule has 5 N–H and O–H groups in total. The Kier molecular flexibility index (Phi) is 5.01. The minimum atomic E-state index is -0.641. The molecule has 0 saturated heterocycles. The van der Waals surface area contributed by atoms with Gasteiger partial charge in [-0.2, -0.15) is 14.9 Å². The monoisotopic (exact) mass is 458 g/mol. The summed E-state index contributed by atoms with van der Waals surface area (Å²) in [4.78, 5) is 40.5. The molecule has 3 aromatic carbocycles. The third kappa shape index (κ3) is 3.72. The Morgan fingerprint density at radius 3 is 2.71 bits per heavy atom. The number of anilines is 4. The zero-order chi connectivity index (χ0) is 23.8. The number of fused-ring (bicyclic) bond motifs is 1. The summed E-state index contributed by atoms with van der Waals surface area (Å²) in [6.07, 6.45) is 2.50. The van der Waals surface area contributed by atoms with Gasteiger partial charge in [-0.1, -0.05) is 12.1 Å². The molecule has 34 heavy (non-hydrogen) atoms. The molecule has 0 radical (unpaired) electrons. The van der Waals surface area contributed by atoms with Crippen LogP contribution < -0.4 is 26.8 Å². The topological polar surface area (TPSA) is 167 Å². The summed E-state index contributed by atoms with van der Waals surface area (Å²) in [6.45, 7) is 1.82. The van der Waals surface area contributed by atoms with Crippen molar-refractivity contribution in [1.82, 2.24) is 25.0 Å². The molecule has 170 valence electrons. The number of aromatic nitrogens is 5. The van der Waals surface area contributed by atoms with Crippen LogP contribution in [0.3, 0.4) is 0 Å². The number of carbonyl (C=O) groups is 1. The smallest absolute Gasteiger partial charge is 0.349 e. The number of amides is 1. The van der Waals surface area contributed by atoms with E-state index in [1.165, 1.54) is 12.7 Å². The molecule has 0 aliphatic carbocycles. The first-order valence-corrected chi connectivity index (χ1v) is 10.2. The van der Waals surface area contributed by atoms with Crippen LogP contribution in [0.4, 0.5) is 27.7 Å². The summed E-state index contributed by atoms with van der Waals surface area (Å²) in [5.41, 5.74) is 0.954. The fourth-order valence-electron chi connectivity index (χ4n) is 3.55. The molecule has 0 unspecified atom stereocenters. The number of carbonyl (C=O) groups excluding carboxylic acids is 1. The van der Waals surface area contributed by atoms with E-state index < -0.39 is 16.9 Å². The molecule has 12 heteroatoms. The highest BCUT2D eigenvalue weighted by Gasteiger charge is 2.23. The molecule has 1 amide bonds. The van der Waals surface area contributed by atoms with Crippen molar-refractivity contribution in [2.45, 2.75) is 13.0 Å². The number of aromatic amines is 1. The number of H-pyrrole nitrogens is 1. The van der Waals surface area contributed by atoms with Crippen LogP contribution in [0.2, 0.25) is 0 Å². The molecule has 1 atom stereocenters. The zero-order valence-corrected chi connectivity index (χ0v) is 17.7. The van der Waals surface area contributed by atoms with Crippen molar-refractivity contribution in [3.63, 3.8) is 0 Å². The first kappa shape index (κ1) is 20.9. The SMILES string of the molecule is C[C@@H](Nc1c(Nc2ccc3[nH]nc(NC(=O)n4cncn4)c3c2)c(=O)c1=O)c1cccc(O)c1. The number of phenols is 1. The molecule has 0 aliphatic heterocycles. The summed E-state index contributed by atoms with van der Waals surface area (Å²) < 4.78 is 1.03. The van der Waals surface area contributed by atoms with E-state index in [0.29, 0.717) is 16.6 Å². The quantitative estimate of drug-likeness (QED) is 0.240. The van der Waals surface area contributed by atoms with Crippen LogP contribution in [0, 0.1) is 0 Å². The number of hydrogen-bond donors (Lipinski definition) is 5. The maximum absolute atomic E-state index is 12.3. The Bertz CT molecular complexity index is 1580. The lowest BCUT2D eigenvalue weighted by molar-refractivity contribution is 0.251. The van der Waals surface area contributed by atoms with E-state index in [-0.39, 0.29) is 29.0 Å². The van der Waals surface area contributed by atoms with Crippen molar-refractivity contribution < 1.29 is 9.90 Å². The van der Waals surface area contributed by atoms with Gasteiger partial charge in [-0.15, -0.1) is 0 Å². The molecule has 0 fully saturated rings. The van der Waals surface area contributed by atoms with Crippen molar-refractivity contribution in [2.24, 2.45) is 0 Å². The van der Waals surface area contributed by atoms with E-state index in [2.05, 4.69) is 36.2 Å². The normalized spacial score (nSPS) is 12.0. The Morgan fingerprint density at radius 1 is 1.12 bits per heavy atom. The van der Waals surface area contributed by atoms with Gasteiger partial charge in [0.2, 0.25) is 0 Å². The van der Waals surface area contributed by atoms with Crippen molar-refractivity contribution in [1.29, 1.82) is 0 Å². The molecule has 0 spiro atoms. The maximum Gasteiger partial charge on any atom is 0.349 e. The van der Waals surface area contributed by atoms with Gasteiger partial charge in [0.15, 0.2) is 5.82 Å². The lowest BCUT2D eigenvalue weighted by Crippen LogP contribution is -2.37. The average molecular weight is 458 g/mol. The lowest BCUT2D eigenvalue weighted by atomic mass is 10.1. The first-order valence-electron chi connectivity index (χ1n) is 10.2. The fourth-order valence-corrected chi connectivity index (χ4v) is 3.55. The van der Waals surface area contributed by atoms with E-state index in [9.17, 15) is 19.5 Å². The van der Waals surface area contributed by atoms with Gasteiger partial charge in [-0.3, -0.25) is 20.0 Å². The van der Waals surface area contributed by atoms with Gasteiger partial charge in [0, 0.05) is 17.1 Å². The summed E-state index contributed by atoms with van der Waals surface area (Å²) >= 11 is 0. The lowest BCUT2D eigenvalue weighted by Gasteiger charge is -2.20. The van der Waals surface area contributed by atoms with Crippen LogP contribution >= 0.6 is 0 Å². The van der Waals surface area contributed by atoms with Crippen molar-refractivity contribution in [2.75, 3.05) is 16.0 Å². The Morgan fingerprint density at radius 2 is 1.94 bits per heavy atom. The highest BCUT2D eigenvalue weighted by molar-refractivity contribution is 6.00. The van der Waals surface area contributed by atoms with Crippen LogP contribution in [-0.4, -0.2) is 36.1 Å². The second-order valence-electron chi connectivity index (χ2n) is 7.60. The standard InChI is InChI=1S/C22H18N8O4/c1-11(12-3-2-4-14(31)7-12)25-17-18(20(33)19(17)32)26-13-5-6-16-15(8-13)21(29-28-16)27-22(34)30-10-23-9-24-30/h2-11,25-26,31H,1H3,(H2,27,28,29,34)/t11-/m1/s1. The highest BCUT2D eigenvalue weighted by atomic mass is 16.3. The molecular weight excluding hydrogens is 440 g/mol. The first-order chi connectivity index (χ1) is 16.4. The largest absolute Gasteiger partial charge is 0.508 e. The molecule has 0 aliphatic rings. The third-order valence-electron chi connectivity index (χ3n) is 5.33. The van der Waals surface area contributed by atoms with E-state index in [1.807, 2.05) is 6.92 Å². The van der Waals surface area contributed by atoms with Crippen LogP contribution in [-0.2, 0) is 0 Å². The molecule has 0 saturated carbocycles. The maximum atomic E-state index is 12.3.